The predicted octanol–water partition coefficient (Wildman–Crippen LogP) is 4.66. The third kappa shape index (κ3) is 4.67. The van der Waals surface area contributed by atoms with E-state index >= 15 is 0 Å². The van der Waals surface area contributed by atoms with Crippen molar-refractivity contribution in [3.8, 4) is 0 Å². The maximum atomic E-state index is 13.8. The number of carboxylic acid groups (broad SMARTS) is 1. The molecule has 0 saturated carbocycles. The lowest BCUT2D eigenvalue weighted by atomic mass is 10.1. The molecule has 0 unspecified atom stereocenters. The van der Waals surface area contributed by atoms with Crippen molar-refractivity contribution in [2.24, 2.45) is 5.92 Å². The Morgan fingerprint density at radius 3 is 2.43 bits per heavy atom. The average Bonchev–Trinajstić information content (AvgIpc) is 2.65. The number of anilines is 1. The molecule has 0 aliphatic carbocycles. The van der Waals surface area contributed by atoms with Crippen LogP contribution in [-0.2, 0) is 16.4 Å². The second-order valence-electron chi connectivity index (χ2n) is 6.72. The number of nitrogens with zero attached hydrogens (tertiary/aromatic N) is 1. The summed E-state index contributed by atoms with van der Waals surface area (Å²) in [6, 6.07) is 8.44. The Morgan fingerprint density at radius 2 is 1.89 bits per heavy atom. The summed E-state index contributed by atoms with van der Waals surface area (Å²) in [7, 11) is -4.08. The van der Waals surface area contributed by atoms with Crippen LogP contribution in [0.25, 0.3) is 0 Å². The van der Waals surface area contributed by atoms with Crippen LogP contribution in [0.4, 0.5) is 10.1 Å². The Bertz CT molecular complexity index is 974. The van der Waals surface area contributed by atoms with E-state index in [2.05, 4.69) is 0 Å². The molecule has 0 atom stereocenters. The zero-order valence-corrected chi connectivity index (χ0v) is 17.9. The standard InChI is InChI=1S/C20H24FNO4S2/c1-5-14-10-15(27-4)6-9-19(14)22(12-13(2)3)28(25,26)16-7-8-18(21)17(11-16)20(23)24/h6-11,13H,5,12H2,1-4H3,(H,23,24). The number of hydrogen-bond donors (Lipinski definition) is 1. The lowest BCUT2D eigenvalue weighted by Gasteiger charge is -2.28. The minimum Gasteiger partial charge on any atom is -0.478 e. The van der Waals surface area contributed by atoms with Crippen LogP contribution in [0.1, 0.15) is 36.7 Å². The highest BCUT2D eigenvalue weighted by molar-refractivity contribution is 7.98. The Morgan fingerprint density at radius 1 is 1.21 bits per heavy atom. The predicted molar refractivity (Wildman–Crippen MR) is 110 cm³/mol. The molecule has 2 rings (SSSR count). The van der Waals surface area contributed by atoms with E-state index in [0.29, 0.717) is 12.1 Å². The second-order valence-corrected chi connectivity index (χ2v) is 9.47. The van der Waals surface area contributed by atoms with Gasteiger partial charge in [-0.25, -0.2) is 17.6 Å². The summed E-state index contributed by atoms with van der Waals surface area (Å²) < 4.78 is 41.8. The molecule has 0 amide bonds. The van der Waals surface area contributed by atoms with E-state index in [0.717, 1.165) is 28.7 Å². The van der Waals surface area contributed by atoms with Gasteiger partial charge in [0, 0.05) is 11.4 Å². The molecule has 0 saturated heterocycles. The van der Waals surface area contributed by atoms with E-state index in [1.165, 1.54) is 4.31 Å². The van der Waals surface area contributed by atoms with Crippen LogP contribution in [0.3, 0.4) is 0 Å². The number of hydrogen-bond acceptors (Lipinski definition) is 4. The molecule has 0 heterocycles. The summed E-state index contributed by atoms with van der Waals surface area (Å²) in [5.41, 5.74) is 0.755. The molecule has 0 aromatic heterocycles. The topological polar surface area (TPSA) is 74.7 Å². The first-order chi connectivity index (χ1) is 13.1. The van der Waals surface area contributed by atoms with E-state index in [4.69, 9.17) is 5.11 Å². The summed E-state index contributed by atoms with van der Waals surface area (Å²) in [5.74, 6) is -2.46. The quantitative estimate of drug-likeness (QED) is 0.623. The molecule has 152 valence electrons. The van der Waals surface area contributed by atoms with Gasteiger partial charge in [0.2, 0.25) is 0 Å². The van der Waals surface area contributed by atoms with Crippen LogP contribution in [0.15, 0.2) is 46.2 Å². The van der Waals surface area contributed by atoms with Gasteiger partial charge in [0.15, 0.2) is 0 Å². The maximum absolute atomic E-state index is 13.8. The fraction of sp³-hybridized carbons (Fsp3) is 0.350. The van der Waals surface area contributed by atoms with Crippen LogP contribution in [0, 0.1) is 11.7 Å². The van der Waals surface area contributed by atoms with Crippen LogP contribution >= 0.6 is 11.8 Å². The highest BCUT2D eigenvalue weighted by atomic mass is 32.2. The molecule has 2 aromatic carbocycles. The number of halogens is 1. The molecular weight excluding hydrogens is 401 g/mol. The van der Waals surface area contributed by atoms with E-state index < -0.39 is 27.4 Å². The fourth-order valence-electron chi connectivity index (χ4n) is 2.83. The third-order valence-corrected chi connectivity index (χ3v) is 6.72. The van der Waals surface area contributed by atoms with Gasteiger partial charge < -0.3 is 5.11 Å². The average molecular weight is 426 g/mol. The zero-order valence-electron chi connectivity index (χ0n) is 16.3. The molecular formula is C20H24FNO4S2. The molecule has 8 heteroatoms. The number of carbonyl (C=O) groups is 1. The Hall–Kier alpha value is -2.06. The number of carboxylic acids is 1. The van der Waals surface area contributed by atoms with Gasteiger partial charge in [0.1, 0.15) is 5.82 Å². The number of rotatable bonds is 8. The van der Waals surface area contributed by atoms with Crippen molar-refractivity contribution in [2.75, 3.05) is 17.1 Å². The van der Waals surface area contributed by atoms with E-state index in [9.17, 15) is 17.6 Å². The number of thioether (sulfide) groups is 1. The summed E-state index contributed by atoms with van der Waals surface area (Å²) >= 11 is 1.57. The van der Waals surface area contributed by atoms with Gasteiger partial charge in [-0.3, -0.25) is 4.31 Å². The smallest absolute Gasteiger partial charge is 0.338 e. The van der Waals surface area contributed by atoms with Gasteiger partial charge in [0.25, 0.3) is 10.0 Å². The molecule has 0 aliphatic rings. The van der Waals surface area contributed by atoms with Gasteiger partial charge in [-0.15, -0.1) is 11.8 Å². The SMILES string of the molecule is CCc1cc(SC)ccc1N(CC(C)C)S(=O)(=O)c1ccc(F)c(C(=O)O)c1. The van der Waals surface area contributed by atoms with Crippen molar-refractivity contribution in [2.45, 2.75) is 37.0 Å². The molecule has 1 N–H and O–H groups in total. The van der Waals surface area contributed by atoms with E-state index in [1.54, 1.807) is 17.8 Å². The first-order valence-corrected chi connectivity index (χ1v) is 11.5. The van der Waals surface area contributed by atoms with Gasteiger partial charge in [-0.05, 0) is 60.6 Å². The van der Waals surface area contributed by atoms with Crippen molar-refractivity contribution in [1.29, 1.82) is 0 Å². The number of aromatic carboxylic acids is 1. The highest BCUT2D eigenvalue weighted by Crippen LogP contribution is 2.32. The van der Waals surface area contributed by atoms with Gasteiger partial charge in [0.05, 0.1) is 16.1 Å². The molecule has 5 nitrogen and oxygen atoms in total. The maximum Gasteiger partial charge on any atom is 0.338 e. The third-order valence-electron chi connectivity index (χ3n) is 4.22. The van der Waals surface area contributed by atoms with Crippen LogP contribution in [-0.4, -0.2) is 32.3 Å². The first kappa shape index (κ1) is 22.2. The Labute approximate surface area is 169 Å². The molecule has 28 heavy (non-hydrogen) atoms. The molecule has 0 radical (unpaired) electrons. The number of sulfonamides is 1. The minimum atomic E-state index is -4.08. The monoisotopic (exact) mass is 425 g/mol. The highest BCUT2D eigenvalue weighted by Gasteiger charge is 2.29. The normalized spacial score (nSPS) is 11.6. The Balaban J connectivity index is 2.66. The zero-order chi connectivity index (χ0) is 21.1. The molecule has 0 fully saturated rings. The van der Waals surface area contributed by atoms with Gasteiger partial charge in [-0.2, -0.15) is 0 Å². The van der Waals surface area contributed by atoms with Crippen molar-refractivity contribution in [1.82, 2.24) is 0 Å². The van der Waals surface area contributed by atoms with Gasteiger partial charge >= 0.3 is 5.97 Å². The largest absolute Gasteiger partial charge is 0.478 e. The van der Waals surface area contributed by atoms with E-state index in [1.807, 2.05) is 39.2 Å². The number of aryl methyl sites for hydroxylation is 1. The van der Waals surface area contributed by atoms with Crippen molar-refractivity contribution >= 4 is 33.4 Å². The molecule has 0 aliphatic heterocycles. The van der Waals surface area contributed by atoms with Crippen molar-refractivity contribution < 1.29 is 22.7 Å². The number of benzene rings is 2. The van der Waals surface area contributed by atoms with Gasteiger partial charge in [-0.1, -0.05) is 20.8 Å². The summed E-state index contributed by atoms with van der Waals surface area (Å²) in [4.78, 5) is 12.0. The Kier molecular flexibility index (Phi) is 7.11. The minimum absolute atomic E-state index is 0.0269. The first-order valence-electron chi connectivity index (χ1n) is 8.84. The summed E-state index contributed by atoms with van der Waals surface area (Å²) in [6.45, 7) is 5.97. The molecule has 0 spiro atoms. The molecule has 2 aromatic rings. The molecule has 0 bridgehead atoms. The van der Waals surface area contributed by atoms with E-state index in [-0.39, 0.29) is 17.4 Å². The van der Waals surface area contributed by atoms with Crippen LogP contribution < -0.4 is 4.31 Å². The summed E-state index contributed by atoms with van der Waals surface area (Å²) in [5, 5.41) is 9.15. The fourth-order valence-corrected chi connectivity index (χ4v) is 4.99. The van der Waals surface area contributed by atoms with Crippen molar-refractivity contribution in [3.63, 3.8) is 0 Å². The van der Waals surface area contributed by atoms with Crippen LogP contribution in [0.2, 0.25) is 0 Å². The van der Waals surface area contributed by atoms with Crippen LogP contribution in [0.5, 0.6) is 0 Å². The lowest BCUT2D eigenvalue weighted by molar-refractivity contribution is 0.0691. The lowest BCUT2D eigenvalue weighted by Crippen LogP contribution is -2.35. The second kappa shape index (κ2) is 8.96. The summed E-state index contributed by atoms with van der Waals surface area (Å²) in [6.07, 6.45) is 2.58. The van der Waals surface area contributed by atoms with Crippen molar-refractivity contribution in [3.05, 3.63) is 53.3 Å².